The summed E-state index contributed by atoms with van der Waals surface area (Å²) in [7, 11) is 0. The molecule has 1 aliphatic carbocycles. The minimum atomic E-state index is 0. The summed E-state index contributed by atoms with van der Waals surface area (Å²) in [4.78, 5) is 14.8. The van der Waals surface area contributed by atoms with Crippen molar-refractivity contribution < 1.29 is 14.7 Å². The first-order valence-electron chi connectivity index (χ1n) is 12.0. The predicted molar refractivity (Wildman–Crippen MR) is 142 cm³/mol. The number of ketones is 1. The lowest BCUT2D eigenvalue weighted by atomic mass is 9.89. The first-order valence-corrected chi connectivity index (χ1v) is 12.0. The van der Waals surface area contributed by atoms with Crippen LogP contribution in [0.2, 0.25) is 0 Å². The molecular formula is C29H35N2O3+. The molecule has 2 aromatic rings. The van der Waals surface area contributed by atoms with Crippen molar-refractivity contribution in [2.75, 3.05) is 31.1 Å². The van der Waals surface area contributed by atoms with Gasteiger partial charge in [-0.25, -0.2) is 4.58 Å². The molecule has 178 valence electrons. The molecule has 4 rings (SSSR count). The van der Waals surface area contributed by atoms with Gasteiger partial charge in [-0.05, 0) is 58.4 Å². The third kappa shape index (κ3) is 4.48. The summed E-state index contributed by atoms with van der Waals surface area (Å²) in [5.41, 5.74) is 5.71. The van der Waals surface area contributed by atoms with Gasteiger partial charge in [0.2, 0.25) is 5.36 Å². The molecule has 34 heavy (non-hydrogen) atoms. The van der Waals surface area contributed by atoms with Gasteiger partial charge in [0.05, 0.1) is 6.07 Å². The van der Waals surface area contributed by atoms with Crippen LogP contribution >= 0.6 is 0 Å². The lowest BCUT2D eigenvalue weighted by Gasteiger charge is -2.22. The van der Waals surface area contributed by atoms with Crippen molar-refractivity contribution in [2.24, 2.45) is 0 Å². The number of carbonyl (C=O) groups is 1. The molecule has 2 aromatic carbocycles. The van der Waals surface area contributed by atoms with Gasteiger partial charge in [0, 0.05) is 53.0 Å². The van der Waals surface area contributed by atoms with Crippen LogP contribution in [0.3, 0.4) is 0 Å². The van der Waals surface area contributed by atoms with E-state index in [1.165, 1.54) is 0 Å². The summed E-state index contributed by atoms with van der Waals surface area (Å²) in [5, 5.41) is 2.16. The molecule has 1 aliphatic heterocycles. The van der Waals surface area contributed by atoms with E-state index in [0.29, 0.717) is 0 Å². The average molecular weight is 460 g/mol. The van der Waals surface area contributed by atoms with Crippen molar-refractivity contribution in [3.05, 3.63) is 71.6 Å². The second-order valence-corrected chi connectivity index (χ2v) is 8.28. The first-order chi connectivity index (χ1) is 16.0. The zero-order chi connectivity index (χ0) is 23.5. The SMILES string of the molecule is CCN(CC)c1ccc2c(-c3ccccc3C(C)=O)c3ccc(=[N+](CC)CC)cc-3oc2c1.O. The second-order valence-electron chi connectivity index (χ2n) is 8.28. The minimum Gasteiger partial charge on any atom is -0.456 e. The summed E-state index contributed by atoms with van der Waals surface area (Å²) in [6.45, 7) is 14.0. The Morgan fingerprint density at radius 3 is 2.24 bits per heavy atom. The molecule has 0 bridgehead atoms. The van der Waals surface area contributed by atoms with Gasteiger partial charge >= 0.3 is 0 Å². The number of nitrogens with zero attached hydrogens (tertiary/aromatic N) is 2. The Balaban J connectivity index is 0.00000324. The number of rotatable bonds is 7. The molecule has 0 amide bonds. The summed E-state index contributed by atoms with van der Waals surface area (Å²) < 4.78 is 8.84. The fourth-order valence-electron chi connectivity index (χ4n) is 4.74. The maximum atomic E-state index is 12.5. The van der Waals surface area contributed by atoms with Crippen LogP contribution in [0.4, 0.5) is 5.69 Å². The number of anilines is 1. The van der Waals surface area contributed by atoms with E-state index in [1.807, 2.05) is 24.3 Å². The Morgan fingerprint density at radius 1 is 0.882 bits per heavy atom. The van der Waals surface area contributed by atoms with Crippen LogP contribution in [0.25, 0.3) is 33.4 Å². The monoisotopic (exact) mass is 459 g/mol. The molecule has 0 fully saturated rings. The van der Waals surface area contributed by atoms with Crippen LogP contribution in [-0.2, 0) is 0 Å². The fourth-order valence-corrected chi connectivity index (χ4v) is 4.74. The molecular weight excluding hydrogens is 424 g/mol. The minimum absolute atomic E-state index is 0. The highest BCUT2D eigenvalue weighted by molar-refractivity contribution is 6.09. The predicted octanol–water partition coefficient (Wildman–Crippen LogP) is 5.24. The molecule has 0 saturated heterocycles. The normalized spacial score (nSPS) is 10.9. The van der Waals surface area contributed by atoms with E-state index in [2.05, 4.69) is 73.6 Å². The molecule has 5 nitrogen and oxygen atoms in total. The van der Waals surface area contributed by atoms with E-state index in [-0.39, 0.29) is 11.3 Å². The zero-order valence-corrected chi connectivity index (χ0v) is 20.8. The number of benzene rings is 3. The van der Waals surface area contributed by atoms with Gasteiger partial charge in [0.25, 0.3) is 0 Å². The lowest BCUT2D eigenvalue weighted by Crippen LogP contribution is -2.29. The molecule has 2 aliphatic rings. The lowest BCUT2D eigenvalue weighted by molar-refractivity contribution is 0.101. The number of carbonyl (C=O) groups excluding carboxylic acids is 1. The average Bonchev–Trinajstić information content (AvgIpc) is 2.84. The molecule has 2 N–H and O–H groups in total. The second kappa shape index (κ2) is 10.7. The van der Waals surface area contributed by atoms with Crippen molar-refractivity contribution in [2.45, 2.75) is 34.6 Å². The van der Waals surface area contributed by atoms with Crippen molar-refractivity contribution in [1.82, 2.24) is 4.58 Å². The molecule has 0 saturated carbocycles. The zero-order valence-electron chi connectivity index (χ0n) is 20.8. The number of hydrogen-bond donors (Lipinski definition) is 0. The molecule has 0 radical (unpaired) electrons. The van der Waals surface area contributed by atoms with E-state index in [9.17, 15) is 4.79 Å². The third-order valence-corrected chi connectivity index (χ3v) is 6.52. The highest BCUT2D eigenvalue weighted by Crippen LogP contribution is 2.42. The maximum Gasteiger partial charge on any atom is 0.203 e. The van der Waals surface area contributed by atoms with Gasteiger partial charge < -0.3 is 14.8 Å². The van der Waals surface area contributed by atoms with Crippen LogP contribution in [-0.4, -0.2) is 37.4 Å². The largest absolute Gasteiger partial charge is 0.456 e. The van der Waals surface area contributed by atoms with E-state index in [1.54, 1.807) is 6.92 Å². The van der Waals surface area contributed by atoms with Crippen molar-refractivity contribution in [1.29, 1.82) is 0 Å². The van der Waals surface area contributed by atoms with Crippen LogP contribution in [0.15, 0.2) is 65.1 Å². The van der Waals surface area contributed by atoms with Crippen molar-refractivity contribution in [3.8, 4) is 22.5 Å². The quantitative estimate of drug-likeness (QED) is 0.216. The number of fused-ring (bicyclic) bond motifs is 2. The van der Waals surface area contributed by atoms with Gasteiger partial charge in [-0.1, -0.05) is 24.3 Å². The summed E-state index contributed by atoms with van der Waals surface area (Å²) in [6.07, 6.45) is 0. The van der Waals surface area contributed by atoms with E-state index >= 15 is 0 Å². The van der Waals surface area contributed by atoms with Gasteiger partial charge in [-0.15, -0.1) is 0 Å². The number of hydrogen-bond acceptors (Lipinski definition) is 3. The van der Waals surface area contributed by atoms with E-state index in [0.717, 1.165) is 76.2 Å². The summed E-state index contributed by atoms with van der Waals surface area (Å²) >= 11 is 0. The smallest absolute Gasteiger partial charge is 0.203 e. The van der Waals surface area contributed by atoms with Gasteiger partial charge in [-0.2, -0.15) is 0 Å². The van der Waals surface area contributed by atoms with Crippen LogP contribution in [0.1, 0.15) is 45.0 Å². The van der Waals surface area contributed by atoms with E-state index < -0.39 is 0 Å². The Morgan fingerprint density at radius 2 is 1.59 bits per heavy atom. The van der Waals surface area contributed by atoms with Gasteiger partial charge in [-0.3, -0.25) is 4.79 Å². The molecule has 0 unspecified atom stereocenters. The van der Waals surface area contributed by atoms with E-state index in [4.69, 9.17) is 4.42 Å². The molecule has 5 heteroatoms. The highest BCUT2D eigenvalue weighted by Gasteiger charge is 2.21. The molecule has 0 aromatic heterocycles. The Bertz CT molecular complexity index is 1340. The highest BCUT2D eigenvalue weighted by atomic mass is 16.3. The molecule has 1 heterocycles. The summed E-state index contributed by atoms with van der Waals surface area (Å²) in [6, 6.07) is 20.7. The topological polar surface area (TPSA) is 68.0 Å². The number of Topliss-reactive ketones (excluding diaryl/α,β-unsaturated/α-hetero) is 1. The summed E-state index contributed by atoms with van der Waals surface area (Å²) in [5.74, 6) is 0.893. The third-order valence-electron chi connectivity index (χ3n) is 6.52. The standard InChI is InChI=1S/C29H33N2O2.H2O/c1-6-30(7-2)21-14-16-25-27(18-21)33-28-19-22(31(8-3)9-4)15-17-26(28)29(25)24-13-11-10-12-23(24)20(5)32;/h10-19H,6-9H2,1-5H3;1H2/q+1;. The Kier molecular flexibility index (Phi) is 7.90. The van der Waals surface area contributed by atoms with Crippen molar-refractivity contribution in [3.63, 3.8) is 0 Å². The van der Waals surface area contributed by atoms with Crippen LogP contribution in [0, 0.1) is 0 Å². The fraction of sp³-hybridized carbons (Fsp3) is 0.310. The Hall–Kier alpha value is -3.44. The van der Waals surface area contributed by atoms with Crippen molar-refractivity contribution >= 4 is 22.4 Å². The maximum absolute atomic E-state index is 12.5. The van der Waals surface area contributed by atoms with Gasteiger partial charge in [0.1, 0.15) is 24.4 Å². The van der Waals surface area contributed by atoms with Crippen LogP contribution in [0.5, 0.6) is 0 Å². The first kappa shape index (κ1) is 25.2. The Labute approximate surface area is 201 Å². The van der Waals surface area contributed by atoms with Crippen LogP contribution < -0.4 is 14.8 Å². The molecule has 0 atom stereocenters. The van der Waals surface area contributed by atoms with Gasteiger partial charge in [0.15, 0.2) is 5.78 Å². The molecule has 0 spiro atoms.